The molecule has 0 radical (unpaired) electrons. The summed E-state index contributed by atoms with van der Waals surface area (Å²) in [6.07, 6.45) is 0. The minimum absolute atomic E-state index is 0.448. The first-order chi connectivity index (χ1) is 13.4. The van der Waals surface area contributed by atoms with Gasteiger partial charge in [-0.25, -0.2) is 0 Å². The van der Waals surface area contributed by atoms with Crippen LogP contribution in [-0.4, -0.2) is 5.71 Å². The molecule has 0 aliphatic heterocycles. The van der Waals surface area contributed by atoms with E-state index < -0.39 is 0 Å². The molecule has 144 valence electrons. The minimum atomic E-state index is 0.448. The van der Waals surface area contributed by atoms with E-state index in [4.69, 9.17) is 16.4 Å². The first kappa shape index (κ1) is 20.2. The largest absolute Gasteiger partial charge is 0.390 e. The van der Waals surface area contributed by atoms with Gasteiger partial charge in [0.15, 0.2) is 0 Å². The van der Waals surface area contributed by atoms with Gasteiger partial charge in [0.05, 0.1) is 0 Å². The first-order valence-corrected chi connectivity index (χ1v) is 9.85. The lowest BCUT2D eigenvalue weighted by Gasteiger charge is -2.18. The molecule has 28 heavy (non-hydrogen) atoms. The molecule has 0 amide bonds. The highest BCUT2D eigenvalue weighted by atomic mass is 35.5. The van der Waals surface area contributed by atoms with Gasteiger partial charge in [0.1, 0.15) is 12.3 Å². The predicted molar refractivity (Wildman–Crippen MR) is 118 cm³/mol. The summed E-state index contributed by atoms with van der Waals surface area (Å²) >= 11 is 6.05. The van der Waals surface area contributed by atoms with Gasteiger partial charge in [0, 0.05) is 16.1 Å². The highest BCUT2D eigenvalue weighted by Gasteiger charge is 2.13. The van der Waals surface area contributed by atoms with Crippen molar-refractivity contribution in [1.82, 2.24) is 0 Å². The van der Waals surface area contributed by atoms with Crippen LogP contribution in [0, 0.1) is 34.6 Å². The van der Waals surface area contributed by atoms with Crippen molar-refractivity contribution >= 4 is 17.3 Å². The average molecular weight is 392 g/mol. The lowest BCUT2D eigenvalue weighted by Crippen LogP contribution is -2.07. The highest BCUT2D eigenvalue weighted by Crippen LogP contribution is 2.27. The van der Waals surface area contributed by atoms with E-state index in [0.717, 1.165) is 16.8 Å². The standard InChI is InChI=1S/C25H26ClNO/c1-16-17(2)19(4)24(20(5)18(16)3)15-28-27-25(21-9-7-6-8-10-21)22-11-13-23(26)14-12-22/h6-14H,15H2,1-5H3/b27-25+. The second-order valence-corrected chi connectivity index (χ2v) is 7.63. The van der Waals surface area contributed by atoms with Crippen molar-refractivity contribution in [2.45, 2.75) is 41.2 Å². The third kappa shape index (κ3) is 4.13. The molecule has 2 nitrogen and oxygen atoms in total. The van der Waals surface area contributed by atoms with Crippen LogP contribution in [-0.2, 0) is 11.4 Å². The fourth-order valence-corrected chi connectivity index (χ4v) is 3.56. The molecule has 0 saturated carbocycles. The predicted octanol–water partition coefficient (Wildman–Crippen LogP) is 6.85. The average Bonchev–Trinajstić information content (AvgIpc) is 2.72. The molecule has 3 heteroatoms. The Bertz CT molecular complexity index is 976. The summed E-state index contributed by atoms with van der Waals surface area (Å²) in [7, 11) is 0. The molecule has 0 aromatic heterocycles. The van der Waals surface area contributed by atoms with E-state index in [-0.39, 0.29) is 0 Å². The van der Waals surface area contributed by atoms with Crippen LogP contribution in [0.1, 0.15) is 44.5 Å². The number of hydrogen-bond acceptors (Lipinski definition) is 2. The fourth-order valence-electron chi connectivity index (χ4n) is 3.43. The SMILES string of the molecule is Cc1c(C)c(C)c(CO/N=C(\c2ccccc2)c2ccc(Cl)cc2)c(C)c1C. The molecular formula is C25H26ClNO. The number of benzene rings is 3. The maximum Gasteiger partial charge on any atom is 0.142 e. The van der Waals surface area contributed by atoms with Gasteiger partial charge in [-0.3, -0.25) is 0 Å². The van der Waals surface area contributed by atoms with Crippen LogP contribution < -0.4 is 0 Å². The molecule has 0 aliphatic rings. The van der Waals surface area contributed by atoms with Crippen LogP contribution >= 0.6 is 11.6 Å². The zero-order valence-corrected chi connectivity index (χ0v) is 17.9. The fraction of sp³-hybridized carbons (Fsp3) is 0.240. The molecule has 0 bridgehead atoms. The van der Waals surface area contributed by atoms with E-state index >= 15 is 0 Å². The number of halogens is 1. The maximum absolute atomic E-state index is 6.05. The number of nitrogens with zero attached hydrogens (tertiary/aromatic N) is 1. The Kier molecular flexibility index (Phi) is 6.21. The van der Waals surface area contributed by atoms with Gasteiger partial charge in [-0.1, -0.05) is 59.2 Å². The molecule has 0 aliphatic carbocycles. The van der Waals surface area contributed by atoms with Crippen molar-refractivity contribution in [3.8, 4) is 0 Å². The van der Waals surface area contributed by atoms with Gasteiger partial charge in [0.2, 0.25) is 0 Å². The molecule has 0 N–H and O–H groups in total. The molecular weight excluding hydrogens is 366 g/mol. The van der Waals surface area contributed by atoms with Crippen LogP contribution in [0.5, 0.6) is 0 Å². The Morgan fingerprint density at radius 1 is 0.714 bits per heavy atom. The summed E-state index contributed by atoms with van der Waals surface area (Å²) in [6, 6.07) is 17.7. The van der Waals surface area contributed by atoms with E-state index in [1.54, 1.807) is 0 Å². The molecule has 0 heterocycles. The number of oxime groups is 1. The Morgan fingerprint density at radius 3 is 1.79 bits per heavy atom. The van der Waals surface area contributed by atoms with Gasteiger partial charge >= 0.3 is 0 Å². The van der Waals surface area contributed by atoms with Crippen molar-refractivity contribution in [3.05, 3.63) is 104 Å². The van der Waals surface area contributed by atoms with Crippen molar-refractivity contribution in [2.75, 3.05) is 0 Å². The molecule has 0 saturated heterocycles. The number of hydrogen-bond donors (Lipinski definition) is 0. The Labute approximate surface area is 172 Å². The number of rotatable bonds is 5. The zero-order chi connectivity index (χ0) is 20.3. The highest BCUT2D eigenvalue weighted by molar-refractivity contribution is 6.30. The van der Waals surface area contributed by atoms with Crippen molar-refractivity contribution < 1.29 is 4.84 Å². The summed E-state index contributed by atoms with van der Waals surface area (Å²) in [5.74, 6) is 0. The normalized spacial score (nSPS) is 11.6. The van der Waals surface area contributed by atoms with Gasteiger partial charge in [-0.15, -0.1) is 0 Å². The first-order valence-electron chi connectivity index (χ1n) is 9.47. The molecule has 3 aromatic rings. The van der Waals surface area contributed by atoms with E-state index in [1.807, 2.05) is 54.6 Å². The summed E-state index contributed by atoms with van der Waals surface area (Å²) in [4.78, 5) is 5.89. The van der Waals surface area contributed by atoms with Crippen molar-refractivity contribution in [3.63, 3.8) is 0 Å². The second kappa shape index (κ2) is 8.62. The topological polar surface area (TPSA) is 21.6 Å². The monoisotopic (exact) mass is 391 g/mol. The van der Waals surface area contributed by atoms with Gasteiger partial charge in [-0.2, -0.15) is 0 Å². The van der Waals surface area contributed by atoms with Gasteiger partial charge in [0.25, 0.3) is 0 Å². The Balaban J connectivity index is 1.94. The summed E-state index contributed by atoms with van der Waals surface area (Å²) in [5, 5.41) is 5.23. The van der Waals surface area contributed by atoms with Crippen LogP contribution in [0.4, 0.5) is 0 Å². The molecule has 3 rings (SSSR count). The van der Waals surface area contributed by atoms with Crippen LogP contribution in [0.2, 0.25) is 5.02 Å². The lowest BCUT2D eigenvalue weighted by molar-refractivity contribution is 0.130. The van der Waals surface area contributed by atoms with E-state index in [0.29, 0.717) is 11.6 Å². The summed E-state index contributed by atoms with van der Waals surface area (Å²) < 4.78 is 0. The molecule has 0 fully saturated rings. The summed E-state index contributed by atoms with van der Waals surface area (Å²) in [5.41, 5.74) is 10.6. The molecule has 0 atom stereocenters. The molecule has 0 unspecified atom stereocenters. The summed E-state index contributed by atoms with van der Waals surface area (Å²) in [6.45, 7) is 11.3. The Hall–Kier alpha value is -2.58. The zero-order valence-electron chi connectivity index (χ0n) is 17.1. The van der Waals surface area contributed by atoms with Crippen LogP contribution in [0.15, 0.2) is 59.8 Å². The van der Waals surface area contributed by atoms with Crippen molar-refractivity contribution in [2.24, 2.45) is 5.16 Å². The van der Waals surface area contributed by atoms with E-state index in [9.17, 15) is 0 Å². The van der Waals surface area contributed by atoms with Gasteiger partial charge in [-0.05, 0) is 80.1 Å². The third-order valence-corrected chi connectivity index (χ3v) is 5.94. The molecule has 3 aromatic carbocycles. The smallest absolute Gasteiger partial charge is 0.142 e. The maximum atomic E-state index is 6.05. The van der Waals surface area contributed by atoms with Crippen LogP contribution in [0.3, 0.4) is 0 Å². The third-order valence-electron chi connectivity index (χ3n) is 5.68. The quantitative estimate of drug-likeness (QED) is 0.344. The second-order valence-electron chi connectivity index (χ2n) is 7.19. The van der Waals surface area contributed by atoms with Crippen LogP contribution in [0.25, 0.3) is 0 Å². The lowest BCUT2D eigenvalue weighted by atomic mass is 9.90. The van der Waals surface area contributed by atoms with E-state index in [2.05, 4.69) is 39.8 Å². The van der Waals surface area contributed by atoms with E-state index in [1.165, 1.54) is 33.4 Å². The van der Waals surface area contributed by atoms with Crippen molar-refractivity contribution in [1.29, 1.82) is 0 Å². The minimum Gasteiger partial charge on any atom is -0.390 e. The van der Waals surface area contributed by atoms with Gasteiger partial charge < -0.3 is 4.84 Å². The Morgan fingerprint density at radius 2 is 1.21 bits per heavy atom. The molecule has 0 spiro atoms.